The van der Waals surface area contributed by atoms with E-state index in [0.29, 0.717) is 5.92 Å². The zero-order chi connectivity index (χ0) is 15.2. The molecule has 1 fully saturated rings. The molecule has 1 atom stereocenters. The summed E-state index contributed by atoms with van der Waals surface area (Å²) in [4.78, 5) is 2.64. The summed E-state index contributed by atoms with van der Waals surface area (Å²) >= 11 is 0. The number of nitrogens with zero attached hydrogens (tertiary/aromatic N) is 1. The van der Waals surface area contributed by atoms with E-state index >= 15 is 0 Å². The Bertz CT molecular complexity index is 552. The molecule has 0 spiro atoms. The molecule has 3 rings (SSSR count). The Morgan fingerprint density at radius 2 is 1.45 bits per heavy atom. The summed E-state index contributed by atoms with van der Waals surface area (Å²) < 4.78 is 0. The molecule has 0 radical (unpaired) electrons. The molecule has 1 saturated heterocycles. The molecule has 2 aromatic carbocycles. The Kier molecular flexibility index (Phi) is 5.29. The van der Waals surface area contributed by atoms with Gasteiger partial charge in [0.1, 0.15) is 0 Å². The highest BCUT2D eigenvalue weighted by molar-refractivity contribution is 5.63. The van der Waals surface area contributed by atoms with Crippen LogP contribution >= 0.6 is 0 Å². The third-order valence-electron chi connectivity index (χ3n) is 4.91. The van der Waals surface area contributed by atoms with E-state index in [-0.39, 0.29) is 0 Å². The van der Waals surface area contributed by atoms with Crippen molar-refractivity contribution in [3.63, 3.8) is 0 Å². The Labute approximate surface area is 135 Å². The molecule has 0 bridgehead atoms. The maximum atomic E-state index is 2.64. The van der Waals surface area contributed by atoms with Gasteiger partial charge in [-0.3, -0.25) is 0 Å². The highest BCUT2D eigenvalue weighted by Crippen LogP contribution is 2.24. The highest BCUT2D eigenvalue weighted by Gasteiger charge is 2.12. The largest absolute Gasteiger partial charge is 0.303 e. The second kappa shape index (κ2) is 7.60. The molecule has 1 aliphatic heterocycles. The van der Waals surface area contributed by atoms with Gasteiger partial charge in [-0.2, -0.15) is 0 Å². The van der Waals surface area contributed by atoms with Crippen LogP contribution in [0.5, 0.6) is 0 Å². The molecule has 0 N–H and O–H groups in total. The third kappa shape index (κ3) is 3.98. The first-order valence-electron chi connectivity index (χ1n) is 8.71. The summed E-state index contributed by atoms with van der Waals surface area (Å²) in [7, 11) is 0. The minimum Gasteiger partial charge on any atom is -0.303 e. The van der Waals surface area contributed by atoms with Crippen LogP contribution in [0.25, 0.3) is 11.1 Å². The maximum absolute atomic E-state index is 2.64. The number of benzene rings is 2. The van der Waals surface area contributed by atoms with Crippen molar-refractivity contribution >= 4 is 0 Å². The lowest BCUT2D eigenvalue weighted by molar-refractivity contribution is 0.222. The van der Waals surface area contributed by atoms with Gasteiger partial charge in [0.15, 0.2) is 0 Å². The quantitative estimate of drug-likeness (QED) is 0.720. The smallest absolute Gasteiger partial charge is 0.00130 e. The number of likely N-dealkylation sites (tertiary alicyclic amines) is 1. The van der Waals surface area contributed by atoms with Crippen LogP contribution in [0.15, 0.2) is 54.6 Å². The molecule has 0 saturated carbocycles. The fraction of sp³-hybridized carbons (Fsp3) is 0.429. The summed E-state index contributed by atoms with van der Waals surface area (Å²) in [6, 6.07) is 19.8. The second-order valence-corrected chi connectivity index (χ2v) is 6.58. The predicted octanol–water partition coefficient (Wildman–Crippen LogP) is 5.33. The lowest BCUT2D eigenvalue weighted by atomic mass is 9.95. The SMILES string of the molecule is C[C@@H](CCN1CCCCC1)c1ccc(-c2ccccc2)cc1. The first-order valence-corrected chi connectivity index (χ1v) is 8.71. The molecule has 1 heterocycles. The standard InChI is InChI=1S/C21H27N/c1-18(14-17-22-15-6-3-7-16-22)19-10-12-21(13-11-19)20-8-4-2-5-9-20/h2,4-5,8-13,18H,3,6-7,14-17H2,1H3/t18-/m0/s1. The molecule has 2 aromatic rings. The van der Waals surface area contributed by atoms with Crippen LogP contribution < -0.4 is 0 Å². The fourth-order valence-corrected chi connectivity index (χ4v) is 3.36. The summed E-state index contributed by atoms with van der Waals surface area (Å²) in [6.45, 7) is 6.22. The van der Waals surface area contributed by atoms with E-state index in [1.54, 1.807) is 0 Å². The first kappa shape index (κ1) is 15.3. The summed E-state index contributed by atoms with van der Waals surface area (Å²) in [6.07, 6.45) is 5.47. The van der Waals surface area contributed by atoms with E-state index in [0.717, 1.165) is 0 Å². The van der Waals surface area contributed by atoms with Crippen molar-refractivity contribution in [3.05, 3.63) is 60.2 Å². The van der Waals surface area contributed by atoms with Gasteiger partial charge >= 0.3 is 0 Å². The highest BCUT2D eigenvalue weighted by atomic mass is 15.1. The Morgan fingerprint density at radius 1 is 0.818 bits per heavy atom. The molecular weight excluding hydrogens is 266 g/mol. The van der Waals surface area contributed by atoms with Crippen LogP contribution in [0.1, 0.15) is 44.1 Å². The predicted molar refractivity (Wildman–Crippen MR) is 95.2 cm³/mol. The van der Waals surface area contributed by atoms with Gasteiger partial charge < -0.3 is 4.90 Å². The third-order valence-corrected chi connectivity index (χ3v) is 4.91. The maximum Gasteiger partial charge on any atom is -0.00130 e. The molecule has 0 amide bonds. The van der Waals surface area contributed by atoms with Gasteiger partial charge in [-0.25, -0.2) is 0 Å². The van der Waals surface area contributed by atoms with Gasteiger partial charge in [-0.15, -0.1) is 0 Å². The normalized spacial score (nSPS) is 17.3. The van der Waals surface area contributed by atoms with Crippen molar-refractivity contribution in [1.82, 2.24) is 4.90 Å². The van der Waals surface area contributed by atoms with E-state index in [9.17, 15) is 0 Å². The molecule has 22 heavy (non-hydrogen) atoms. The Hall–Kier alpha value is -1.60. The molecule has 1 heteroatoms. The Balaban J connectivity index is 1.57. The average molecular weight is 293 g/mol. The number of hydrogen-bond donors (Lipinski definition) is 0. The number of piperidine rings is 1. The van der Waals surface area contributed by atoms with Crippen LogP contribution in [0, 0.1) is 0 Å². The second-order valence-electron chi connectivity index (χ2n) is 6.58. The fourth-order valence-electron chi connectivity index (χ4n) is 3.36. The first-order chi connectivity index (χ1) is 10.8. The number of hydrogen-bond acceptors (Lipinski definition) is 1. The van der Waals surface area contributed by atoms with Crippen LogP contribution in [-0.2, 0) is 0 Å². The van der Waals surface area contributed by atoms with Gasteiger partial charge in [0.05, 0.1) is 0 Å². The molecule has 0 aliphatic carbocycles. The van der Waals surface area contributed by atoms with Crippen molar-refractivity contribution in [2.45, 2.75) is 38.5 Å². The van der Waals surface area contributed by atoms with Crippen LogP contribution in [0.4, 0.5) is 0 Å². The molecule has 1 nitrogen and oxygen atoms in total. The average Bonchev–Trinajstić information content (AvgIpc) is 2.61. The molecular formula is C21H27N. The lowest BCUT2D eigenvalue weighted by Crippen LogP contribution is -2.31. The van der Waals surface area contributed by atoms with Crippen molar-refractivity contribution in [3.8, 4) is 11.1 Å². The van der Waals surface area contributed by atoms with Crippen LogP contribution in [0.3, 0.4) is 0 Å². The minimum absolute atomic E-state index is 0.645. The summed E-state index contributed by atoms with van der Waals surface area (Å²) in [5.41, 5.74) is 4.08. The van der Waals surface area contributed by atoms with Gasteiger partial charge in [0.2, 0.25) is 0 Å². The summed E-state index contributed by atoms with van der Waals surface area (Å²) in [5.74, 6) is 0.645. The zero-order valence-electron chi connectivity index (χ0n) is 13.7. The van der Waals surface area contributed by atoms with Gasteiger partial charge in [-0.05, 0) is 61.5 Å². The van der Waals surface area contributed by atoms with E-state index in [2.05, 4.69) is 66.4 Å². The zero-order valence-corrected chi connectivity index (χ0v) is 13.7. The number of rotatable bonds is 5. The van der Waals surface area contributed by atoms with Gasteiger partial charge in [0, 0.05) is 0 Å². The molecule has 116 valence electrons. The van der Waals surface area contributed by atoms with Crippen molar-refractivity contribution in [2.75, 3.05) is 19.6 Å². The van der Waals surface area contributed by atoms with Gasteiger partial charge in [0.25, 0.3) is 0 Å². The van der Waals surface area contributed by atoms with E-state index in [4.69, 9.17) is 0 Å². The van der Waals surface area contributed by atoms with Crippen molar-refractivity contribution in [1.29, 1.82) is 0 Å². The van der Waals surface area contributed by atoms with Crippen LogP contribution in [-0.4, -0.2) is 24.5 Å². The minimum atomic E-state index is 0.645. The van der Waals surface area contributed by atoms with E-state index in [1.165, 1.54) is 62.0 Å². The van der Waals surface area contributed by atoms with Crippen molar-refractivity contribution in [2.24, 2.45) is 0 Å². The lowest BCUT2D eigenvalue weighted by Gasteiger charge is -2.27. The molecule has 0 aromatic heterocycles. The van der Waals surface area contributed by atoms with Crippen molar-refractivity contribution < 1.29 is 0 Å². The van der Waals surface area contributed by atoms with E-state index < -0.39 is 0 Å². The van der Waals surface area contributed by atoms with Crippen LogP contribution in [0.2, 0.25) is 0 Å². The molecule has 0 unspecified atom stereocenters. The topological polar surface area (TPSA) is 3.24 Å². The van der Waals surface area contributed by atoms with Gasteiger partial charge in [-0.1, -0.05) is 67.9 Å². The molecule has 1 aliphatic rings. The summed E-state index contributed by atoms with van der Waals surface area (Å²) in [5, 5.41) is 0. The van der Waals surface area contributed by atoms with E-state index in [1.807, 2.05) is 0 Å². The Morgan fingerprint density at radius 3 is 2.14 bits per heavy atom. The monoisotopic (exact) mass is 293 g/mol.